The van der Waals surface area contributed by atoms with Crippen LogP contribution in [-0.4, -0.2) is 5.91 Å². The standard InChI is InChI=1S/C14H15NO2S/c1-10-8-13(11(2)18-10)14(16)15-17-9-12-6-4-3-5-7-12/h3-8H,9H2,1-2H3,(H,15,16). The number of hydroxylamine groups is 1. The summed E-state index contributed by atoms with van der Waals surface area (Å²) in [4.78, 5) is 19.2. The van der Waals surface area contributed by atoms with Crippen LogP contribution in [0.2, 0.25) is 0 Å². The van der Waals surface area contributed by atoms with Gasteiger partial charge in [0.15, 0.2) is 0 Å². The average Bonchev–Trinajstić information content (AvgIpc) is 2.70. The normalized spacial score (nSPS) is 10.3. The molecule has 94 valence electrons. The Balaban J connectivity index is 1.87. The summed E-state index contributed by atoms with van der Waals surface area (Å²) in [5.41, 5.74) is 4.18. The fourth-order valence-corrected chi connectivity index (χ4v) is 2.59. The Hall–Kier alpha value is -1.65. The first kappa shape index (κ1) is 12.8. The average molecular weight is 261 g/mol. The number of nitrogens with one attached hydrogen (secondary N) is 1. The quantitative estimate of drug-likeness (QED) is 0.858. The van der Waals surface area contributed by atoms with Crippen LogP contribution in [0.3, 0.4) is 0 Å². The Morgan fingerprint density at radius 3 is 2.61 bits per heavy atom. The fourth-order valence-electron chi connectivity index (χ4n) is 1.67. The van der Waals surface area contributed by atoms with Crippen molar-refractivity contribution in [2.45, 2.75) is 20.5 Å². The molecule has 1 N–H and O–H groups in total. The summed E-state index contributed by atoms with van der Waals surface area (Å²) in [7, 11) is 0. The number of carbonyl (C=O) groups is 1. The van der Waals surface area contributed by atoms with Crippen LogP contribution < -0.4 is 5.48 Å². The molecule has 1 heterocycles. The smallest absolute Gasteiger partial charge is 0.269 e. The van der Waals surface area contributed by atoms with E-state index in [0.717, 1.165) is 15.3 Å². The lowest BCUT2D eigenvalue weighted by atomic mass is 10.2. The third-order valence-corrected chi connectivity index (χ3v) is 3.50. The summed E-state index contributed by atoms with van der Waals surface area (Å²) < 4.78 is 0. The van der Waals surface area contributed by atoms with Crippen LogP contribution in [0.25, 0.3) is 0 Å². The SMILES string of the molecule is Cc1cc(C(=O)NOCc2ccccc2)c(C)s1. The molecule has 1 amide bonds. The summed E-state index contributed by atoms with van der Waals surface area (Å²) in [5.74, 6) is -0.187. The number of hydrogen-bond acceptors (Lipinski definition) is 3. The molecule has 1 aromatic heterocycles. The molecule has 2 aromatic rings. The predicted octanol–water partition coefficient (Wildman–Crippen LogP) is 3.23. The Morgan fingerprint density at radius 2 is 2.00 bits per heavy atom. The number of hydrogen-bond donors (Lipinski definition) is 1. The predicted molar refractivity (Wildman–Crippen MR) is 72.5 cm³/mol. The van der Waals surface area contributed by atoms with Crippen LogP contribution in [-0.2, 0) is 11.4 Å². The summed E-state index contributed by atoms with van der Waals surface area (Å²) in [6, 6.07) is 11.6. The van der Waals surface area contributed by atoms with Crippen LogP contribution in [0.15, 0.2) is 36.4 Å². The number of thiophene rings is 1. The van der Waals surface area contributed by atoms with Crippen molar-refractivity contribution in [2.75, 3.05) is 0 Å². The molecular formula is C14H15NO2S. The molecule has 0 fully saturated rings. The van der Waals surface area contributed by atoms with Gasteiger partial charge in [-0.1, -0.05) is 30.3 Å². The Bertz CT molecular complexity index is 534. The van der Waals surface area contributed by atoms with Gasteiger partial charge in [0, 0.05) is 9.75 Å². The minimum absolute atomic E-state index is 0.187. The van der Waals surface area contributed by atoms with Gasteiger partial charge in [-0.25, -0.2) is 5.48 Å². The molecule has 0 aliphatic rings. The lowest BCUT2D eigenvalue weighted by Crippen LogP contribution is -2.23. The van der Waals surface area contributed by atoms with Crippen LogP contribution in [0.5, 0.6) is 0 Å². The van der Waals surface area contributed by atoms with E-state index in [2.05, 4.69) is 5.48 Å². The van der Waals surface area contributed by atoms with E-state index in [1.165, 1.54) is 0 Å². The maximum atomic E-state index is 11.8. The molecule has 0 spiro atoms. The highest BCUT2D eigenvalue weighted by Gasteiger charge is 2.11. The van der Waals surface area contributed by atoms with Crippen molar-refractivity contribution in [3.05, 3.63) is 57.3 Å². The van der Waals surface area contributed by atoms with Crippen molar-refractivity contribution in [3.8, 4) is 0 Å². The van der Waals surface area contributed by atoms with Crippen molar-refractivity contribution in [1.82, 2.24) is 5.48 Å². The Labute approximate surface area is 110 Å². The molecule has 0 unspecified atom stereocenters. The van der Waals surface area contributed by atoms with Gasteiger partial charge < -0.3 is 0 Å². The van der Waals surface area contributed by atoms with E-state index < -0.39 is 0 Å². The van der Waals surface area contributed by atoms with E-state index in [4.69, 9.17) is 4.84 Å². The van der Waals surface area contributed by atoms with Gasteiger partial charge >= 0.3 is 0 Å². The van der Waals surface area contributed by atoms with E-state index in [1.807, 2.05) is 50.2 Å². The molecule has 0 radical (unpaired) electrons. The molecule has 0 saturated carbocycles. The second-order valence-electron chi connectivity index (χ2n) is 4.03. The van der Waals surface area contributed by atoms with Crippen molar-refractivity contribution in [3.63, 3.8) is 0 Å². The number of benzene rings is 1. The van der Waals surface area contributed by atoms with Crippen molar-refractivity contribution >= 4 is 17.2 Å². The third-order valence-electron chi connectivity index (χ3n) is 2.53. The minimum Gasteiger partial charge on any atom is -0.269 e. The zero-order valence-electron chi connectivity index (χ0n) is 10.4. The van der Waals surface area contributed by atoms with Gasteiger partial charge in [0.25, 0.3) is 5.91 Å². The van der Waals surface area contributed by atoms with E-state index in [1.54, 1.807) is 11.3 Å². The number of aryl methyl sites for hydroxylation is 2. The Morgan fingerprint density at radius 1 is 1.28 bits per heavy atom. The van der Waals surface area contributed by atoms with E-state index in [-0.39, 0.29) is 5.91 Å². The van der Waals surface area contributed by atoms with Gasteiger partial charge in [0.2, 0.25) is 0 Å². The first-order valence-corrected chi connectivity index (χ1v) is 6.51. The van der Waals surface area contributed by atoms with Crippen LogP contribution in [0.1, 0.15) is 25.7 Å². The fraction of sp³-hybridized carbons (Fsp3) is 0.214. The second-order valence-corrected chi connectivity index (χ2v) is 5.49. The summed E-state index contributed by atoms with van der Waals surface area (Å²) in [6.45, 7) is 4.29. The highest BCUT2D eigenvalue weighted by atomic mass is 32.1. The molecule has 3 nitrogen and oxygen atoms in total. The molecule has 2 rings (SSSR count). The van der Waals surface area contributed by atoms with Crippen molar-refractivity contribution in [1.29, 1.82) is 0 Å². The summed E-state index contributed by atoms with van der Waals surface area (Å²) >= 11 is 1.61. The van der Waals surface area contributed by atoms with Crippen LogP contribution >= 0.6 is 11.3 Å². The molecule has 4 heteroatoms. The lowest BCUT2D eigenvalue weighted by molar-refractivity contribution is 0.0233. The molecule has 0 atom stereocenters. The first-order chi connectivity index (χ1) is 8.66. The maximum Gasteiger partial charge on any atom is 0.275 e. The minimum atomic E-state index is -0.187. The number of rotatable bonds is 4. The van der Waals surface area contributed by atoms with Crippen LogP contribution in [0.4, 0.5) is 0 Å². The zero-order chi connectivity index (χ0) is 13.0. The molecule has 0 bridgehead atoms. The zero-order valence-corrected chi connectivity index (χ0v) is 11.2. The molecule has 1 aromatic carbocycles. The van der Waals surface area contributed by atoms with Crippen molar-refractivity contribution < 1.29 is 9.63 Å². The first-order valence-electron chi connectivity index (χ1n) is 5.70. The maximum absolute atomic E-state index is 11.8. The monoisotopic (exact) mass is 261 g/mol. The highest BCUT2D eigenvalue weighted by molar-refractivity contribution is 7.12. The van der Waals surface area contributed by atoms with Gasteiger partial charge in [-0.05, 0) is 25.5 Å². The molecule has 0 saturated heterocycles. The van der Waals surface area contributed by atoms with Gasteiger partial charge in [0.1, 0.15) is 0 Å². The van der Waals surface area contributed by atoms with Gasteiger partial charge in [-0.2, -0.15) is 0 Å². The second kappa shape index (κ2) is 5.80. The molecule has 0 aliphatic heterocycles. The molecular weight excluding hydrogens is 246 g/mol. The topological polar surface area (TPSA) is 38.3 Å². The number of amides is 1. The van der Waals surface area contributed by atoms with Crippen molar-refractivity contribution in [2.24, 2.45) is 0 Å². The lowest BCUT2D eigenvalue weighted by Gasteiger charge is -2.05. The highest BCUT2D eigenvalue weighted by Crippen LogP contribution is 2.20. The molecule has 18 heavy (non-hydrogen) atoms. The third kappa shape index (κ3) is 3.18. The van der Waals surface area contributed by atoms with Crippen LogP contribution in [0, 0.1) is 13.8 Å². The van der Waals surface area contributed by atoms with Gasteiger partial charge in [0.05, 0.1) is 12.2 Å². The van der Waals surface area contributed by atoms with E-state index in [9.17, 15) is 4.79 Å². The number of carbonyl (C=O) groups excluding carboxylic acids is 1. The van der Waals surface area contributed by atoms with E-state index >= 15 is 0 Å². The summed E-state index contributed by atoms with van der Waals surface area (Å²) in [5, 5.41) is 0. The largest absolute Gasteiger partial charge is 0.275 e. The van der Waals surface area contributed by atoms with Gasteiger partial charge in [-0.3, -0.25) is 9.63 Å². The summed E-state index contributed by atoms with van der Waals surface area (Å²) in [6.07, 6.45) is 0. The Kier molecular flexibility index (Phi) is 4.12. The molecule has 0 aliphatic carbocycles. The van der Waals surface area contributed by atoms with Gasteiger partial charge in [-0.15, -0.1) is 11.3 Å². The van der Waals surface area contributed by atoms with E-state index in [0.29, 0.717) is 12.2 Å².